The van der Waals surface area contributed by atoms with Crippen LogP contribution >= 0.6 is 0 Å². The number of halogens is 6. The van der Waals surface area contributed by atoms with Gasteiger partial charge >= 0.3 is 36.2 Å². The van der Waals surface area contributed by atoms with Crippen LogP contribution in [0.4, 0.5) is 26.3 Å². The summed E-state index contributed by atoms with van der Waals surface area (Å²) in [5, 5.41) is 35.4. The lowest BCUT2D eigenvalue weighted by molar-refractivity contribution is -0.221. The first kappa shape index (κ1) is 21.0. The predicted molar refractivity (Wildman–Crippen MR) is 63.7 cm³/mol. The van der Waals surface area contributed by atoms with Gasteiger partial charge in [0.25, 0.3) is 0 Å². The molecule has 4 N–H and O–H groups in total. The van der Waals surface area contributed by atoms with Crippen molar-refractivity contribution in [1.29, 1.82) is 0 Å². The smallest absolute Gasteiger partial charge is 0.412 e. The summed E-state index contributed by atoms with van der Waals surface area (Å²) in [6.07, 6.45) is -14.3. The fourth-order valence-corrected chi connectivity index (χ4v) is 2.34. The quantitative estimate of drug-likeness (QED) is 0.523. The molecule has 0 aliphatic heterocycles. The third kappa shape index (κ3) is 2.57. The van der Waals surface area contributed by atoms with E-state index in [-0.39, 0.29) is 0 Å². The first-order valence-corrected chi connectivity index (χ1v) is 6.00. The van der Waals surface area contributed by atoms with E-state index in [2.05, 4.69) is 0 Å². The third-order valence-corrected chi connectivity index (χ3v) is 3.60. The van der Waals surface area contributed by atoms with Crippen molar-refractivity contribution in [2.24, 2.45) is 10.8 Å². The Balaban J connectivity index is 4.22. The molecular weight excluding hydrogens is 386 g/mol. The molecule has 0 bridgehead atoms. The van der Waals surface area contributed by atoms with Gasteiger partial charge in [-0.05, 0) is 12.2 Å². The molecule has 0 spiro atoms. The Hall–Kier alpha value is -3.06. The minimum Gasteiger partial charge on any atom is -0.480 e. The SMILES string of the molecule is O=C(O)C1=CC(C(=O)O)(C(F)(F)F)C(C(=O)O)=CC1(C(=O)O)C(F)(F)F. The molecule has 0 saturated heterocycles. The van der Waals surface area contributed by atoms with Gasteiger partial charge in [0.1, 0.15) is 0 Å². The van der Waals surface area contributed by atoms with E-state index in [1.807, 2.05) is 0 Å². The van der Waals surface area contributed by atoms with Crippen molar-refractivity contribution in [2.75, 3.05) is 0 Å². The molecule has 8 nitrogen and oxygen atoms in total. The topological polar surface area (TPSA) is 149 Å². The Labute approximate surface area is 137 Å². The molecule has 0 radical (unpaired) electrons. The van der Waals surface area contributed by atoms with Gasteiger partial charge in [0, 0.05) is 0 Å². The second-order valence-corrected chi connectivity index (χ2v) is 4.95. The molecule has 0 saturated carbocycles. The van der Waals surface area contributed by atoms with Crippen LogP contribution in [0.15, 0.2) is 23.3 Å². The predicted octanol–water partition coefficient (Wildman–Crippen LogP) is 1.29. The molecule has 0 heterocycles. The second-order valence-electron chi connectivity index (χ2n) is 4.95. The van der Waals surface area contributed by atoms with Crippen LogP contribution in [0.1, 0.15) is 0 Å². The van der Waals surface area contributed by atoms with E-state index in [1.54, 1.807) is 0 Å². The summed E-state index contributed by atoms with van der Waals surface area (Å²) in [4.78, 5) is 44.4. The molecule has 0 fully saturated rings. The highest BCUT2D eigenvalue weighted by Crippen LogP contribution is 2.57. The number of aliphatic carboxylic acids is 4. The largest absolute Gasteiger partial charge is 0.480 e. The number of rotatable bonds is 4. The molecule has 2 unspecified atom stereocenters. The maximum atomic E-state index is 13.3. The fraction of sp³-hybridized carbons (Fsp3) is 0.333. The Morgan fingerprint density at radius 3 is 1.00 bits per heavy atom. The zero-order chi connectivity index (χ0) is 20.9. The molecular formula is C12H6F6O8. The molecule has 0 aromatic heterocycles. The van der Waals surface area contributed by atoms with E-state index in [4.69, 9.17) is 20.4 Å². The zero-order valence-electron chi connectivity index (χ0n) is 11.8. The number of hydrogen-bond donors (Lipinski definition) is 4. The van der Waals surface area contributed by atoms with Crippen LogP contribution in [0.5, 0.6) is 0 Å². The van der Waals surface area contributed by atoms with E-state index in [0.717, 1.165) is 0 Å². The molecule has 0 amide bonds. The highest BCUT2D eigenvalue weighted by molar-refractivity contribution is 6.06. The van der Waals surface area contributed by atoms with E-state index in [1.165, 1.54) is 0 Å². The van der Waals surface area contributed by atoms with Crippen molar-refractivity contribution in [2.45, 2.75) is 12.4 Å². The standard InChI is InChI=1S/C12H6F6O8/c13-11(14,15)9(7(23)24)1-3(5(19)20)10(8(25)26,12(16,17)18)2-4(9)6(21)22/h1-2H,(H,19,20)(H,21,22)(H,23,24)(H,25,26). The molecule has 0 aromatic rings. The van der Waals surface area contributed by atoms with Gasteiger partial charge in [-0.15, -0.1) is 0 Å². The molecule has 1 aliphatic carbocycles. The Morgan fingerprint density at radius 1 is 0.654 bits per heavy atom. The Morgan fingerprint density at radius 2 is 0.885 bits per heavy atom. The van der Waals surface area contributed by atoms with Crippen LogP contribution in [0, 0.1) is 10.8 Å². The van der Waals surface area contributed by atoms with Gasteiger partial charge in [0.15, 0.2) is 0 Å². The molecule has 1 rings (SSSR count). The molecule has 1 aliphatic rings. The van der Waals surface area contributed by atoms with Gasteiger partial charge in [-0.3, -0.25) is 9.59 Å². The lowest BCUT2D eigenvalue weighted by Crippen LogP contribution is -2.56. The van der Waals surface area contributed by atoms with Crippen molar-refractivity contribution in [3.8, 4) is 0 Å². The third-order valence-electron chi connectivity index (χ3n) is 3.60. The summed E-state index contributed by atoms with van der Waals surface area (Å²) < 4.78 is 79.8. The van der Waals surface area contributed by atoms with Crippen LogP contribution in [-0.4, -0.2) is 56.7 Å². The molecule has 144 valence electrons. The number of alkyl halides is 6. The van der Waals surface area contributed by atoms with Crippen LogP contribution in [0.3, 0.4) is 0 Å². The minimum absolute atomic E-state index is 1.05. The lowest BCUT2D eigenvalue weighted by atomic mass is 9.64. The van der Waals surface area contributed by atoms with E-state index in [0.29, 0.717) is 0 Å². The Bertz CT molecular complexity index is 697. The lowest BCUT2D eigenvalue weighted by Gasteiger charge is -2.39. The summed E-state index contributed by atoms with van der Waals surface area (Å²) in [6.45, 7) is 0. The van der Waals surface area contributed by atoms with Gasteiger partial charge in [-0.25, -0.2) is 9.59 Å². The zero-order valence-corrected chi connectivity index (χ0v) is 11.8. The summed E-state index contributed by atoms with van der Waals surface area (Å²) in [6, 6.07) is 0. The second kappa shape index (κ2) is 5.74. The summed E-state index contributed by atoms with van der Waals surface area (Å²) in [7, 11) is 0. The van der Waals surface area contributed by atoms with Crippen LogP contribution in [0.2, 0.25) is 0 Å². The van der Waals surface area contributed by atoms with Crippen molar-refractivity contribution >= 4 is 23.9 Å². The van der Waals surface area contributed by atoms with Gasteiger partial charge in [-0.1, -0.05) is 0 Å². The number of carbonyl (C=O) groups is 4. The molecule has 14 heteroatoms. The molecule has 0 aromatic carbocycles. The molecule has 26 heavy (non-hydrogen) atoms. The number of carboxylic acid groups (broad SMARTS) is 4. The first-order valence-electron chi connectivity index (χ1n) is 6.00. The van der Waals surface area contributed by atoms with Crippen molar-refractivity contribution < 1.29 is 65.9 Å². The van der Waals surface area contributed by atoms with Crippen LogP contribution in [0.25, 0.3) is 0 Å². The van der Waals surface area contributed by atoms with Crippen molar-refractivity contribution in [3.63, 3.8) is 0 Å². The normalized spacial score (nSPS) is 26.5. The average Bonchev–Trinajstić information content (AvgIpc) is 2.42. The van der Waals surface area contributed by atoms with Crippen LogP contribution in [-0.2, 0) is 19.2 Å². The molecule has 2 atom stereocenters. The fourth-order valence-electron chi connectivity index (χ4n) is 2.34. The van der Waals surface area contributed by atoms with E-state index >= 15 is 0 Å². The summed E-state index contributed by atoms with van der Waals surface area (Å²) >= 11 is 0. The van der Waals surface area contributed by atoms with Crippen molar-refractivity contribution in [3.05, 3.63) is 23.3 Å². The van der Waals surface area contributed by atoms with Crippen molar-refractivity contribution in [1.82, 2.24) is 0 Å². The monoisotopic (exact) mass is 392 g/mol. The number of carboxylic acids is 4. The van der Waals surface area contributed by atoms with Gasteiger partial charge in [-0.2, -0.15) is 26.3 Å². The van der Waals surface area contributed by atoms with Crippen LogP contribution < -0.4 is 0 Å². The first-order chi connectivity index (χ1) is 11.5. The maximum Gasteiger partial charge on any atom is 0.412 e. The van der Waals surface area contributed by atoms with E-state index in [9.17, 15) is 45.5 Å². The van der Waals surface area contributed by atoms with Gasteiger partial charge in [0.2, 0.25) is 10.8 Å². The van der Waals surface area contributed by atoms with E-state index < -0.39 is 70.4 Å². The Kier molecular flexibility index (Phi) is 4.63. The maximum absolute atomic E-state index is 13.3. The number of hydrogen-bond acceptors (Lipinski definition) is 4. The summed E-state index contributed by atoms with van der Waals surface area (Å²) in [5.41, 5.74) is -14.4. The highest BCUT2D eigenvalue weighted by atomic mass is 19.4. The summed E-state index contributed by atoms with van der Waals surface area (Å²) in [5.74, 6) is -11.8. The van der Waals surface area contributed by atoms with Gasteiger partial charge in [0.05, 0.1) is 11.1 Å². The average molecular weight is 392 g/mol. The van der Waals surface area contributed by atoms with Gasteiger partial charge < -0.3 is 20.4 Å². The minimum atomic E-state index is -6.11. The highest BCUT2D eigenvalue weighted by Gasteiger charge is 2.73.